The van der Waals surface area contributed by atoms with Gasteiger partial charge in [-0.1, -0.05) is 41.5 Å². The maximum absolute atomic E-state index is 13.3. The van der Waals surface area contributed by atoms with Gasteiger partial charge in [-0.3, -0.25) is 4.79 Å². The lowest BCUT2D eigenvalue weighted by atomic mass is 9.56. The standard InChI is InChI=1S/C23H34F6O3/c1-17(2,3)11-19(18(4,5)6)12-20(32-16(19)30)9-13-7-15(20)8-14(13)10-21(31,22(24,25)26)23(27,28)29/h13-15,31H,7-12H2,1-6H3. The molecule has 0 aromatic heterocycles. The van der Waals surface area contributed by atoms with Gasteiger partial charge < -0.3 is 9.84 Å². The molecule has 2 saturated carbocycles. The van der Waals surface area contributed by atoms with Crippen LogP contribution >= 0.6 is 0 Å². The van der Waals surface area contributed by atoms with Crippen LogP contribution in [-0.4, -0.2) is 34.6 Å². The third-order valence-electron chi connectivity index (χ3n) is 8.24. The van der Waals surface area contributed by atoms with Gasteiger partial charge in [0.05, 0.1) is 5.41 Å². The minimum absolute atomic E-state index is 0.0855. The van der Waals surface area contributed by atoms with Crippen LogP contribution in [0.5, 0.6) is 0 Å². The zero-order valence-corrected chi connectivity index (χ0v) is 19.5. The fourth-order valence-electron chi connectivity index (χ4n) is 6.64. The summed E-state index contributed by atoms with van der Waals surface area (Å²) in [5.41, 5.74) is -6.94. The normalized spacial score (nSPS) is 36.3. The topological polar surface area (TPSA) is 46.5 Å². The van der Waals surface area contributed by atoms with E-state index in [-0.39, 0.29) is 30.1 Å². The fraction of sp³-hybridized carbons (Fsp3) is 0.957. The van der Waals surface area contributed by atoms with Crippen LogP contribution in [0.2, 0.25) is 0 Å². The summed E-state index contributed by atoms with van der Waals surface area (Å²) < 4.78 is 85.2. The van der Waals surface area contributed by atoms with Crippen molar-refractivity contribution in [3.63, 3.8) is 0 Å². The molecule has 0 aromatic rings. The molecule has 3 aliphatic rings. The molecule has 32 heavy (non-hydrogen) atoms. The molecule has 3 nitrogen and oxygen atoms in total. The summed E-state index contributed by atoms with van der Waals surface area (Å²) in [4.78, 5) is 13.3. The SMILES string of the molecule is CC(C)(C)CC1(C(C)(C)C)CC2(CC3CC2CC3CC(O)(C(F)(F)F)C(F)(F)F)OC1=O. The van der Waals surface area contributed by atoms with E-state index in [2.05, 4.69) is 0 Å². The summed E-state index contributed by atoms with van der Waals surface area (Å²) in [6, 6.07) is 0. The molecule has 0 aromatic carbocycles. The Balaban J connectivity index is 1.84. The number of alkyl halides is 6. The molecule has 1 spiro atoms. The largest absolute Gasteiger partial charge is 0.458 e. The molecular formula is C23H34F6O3. The minimum Gasteiger partial charge on any atom is -0.458 e. The molecule has 2 aliphatic carbocycles. The molecule has 5 atom stereocenters. The highest BCUT2D eigenvalue weighted by Crippen LogP contribution is 2.67. The highest BCUT2D eigenvalue weighted by atomic mass is 19.4. The number of carbonyl (C=O) groups excluding carboxylic acids is 1. The molecule has 0 radical (unpaired) electrons. The van der Waals surface area contributed by atoms with Gasteiger partial charge in [0.2, 0.25) is 0 Å². The zero-order valence-electron chi connectivity index (χ0n) is 19.5. The van der Waals surface area contributed by atoms with E-state index >= 15 is 0 Å². The number of ether oxygens (including phenoxy) is 1. The molecule has 9 heteroatoms. The number of carbonyl (C=O) groups is 1. The Morgan fingerprint density at radius 1 is 0.969 bits per heavy atom. The van der Waals surface area contributed by atoms with Gasteiger partial charge >= 0.3 is 18.3 Å². The Labute approximate surface area is 185 Å². The van der Waals surface area contributed by atoms with Crippen molar-refractivity contribution in [2.24, 2.45) is 34.0 Å². The molecule has 1 saturated heterocycles. The van der Waals surface area contributed by atoms with E-state index in [9.17, 15) is 36.2 Å². The zero-order chi connectivity index (χ0) is 24.8. The lowest BCUT2D eigenvalue weighted by Gasteiger charge is -2.44. The van der Waals surface area contributed by atoms with Crippen LogP contribution in [0.4, 0.5) is 26.3 Å². The second-order valence-corrected chi connectivity index (χ2v) is 12.7. The molecule has 0 amide bonds. The lowest BCUT2D eigenvalue weighted by Crippen LogP contribution is -2.58. The monoisotopic (exact) mass is 472 g/mol. The lowest BCUT2D eigenvalue weighted by molar-refractivity contribution is -0.373. The van der Waals surface area contributed by atoms with Crippen LogP contribution in [0, 0.1) is 34.0 Å². The number of halogens is 6. The molecule has 2 bridgehead atoms. The van der Waals surface area contributed by atoms with Crippen LogP contribution in [0.3, 0.4) is 0 Å². The van der Waals surface area contributed by atoms with E-state index in [1.54, 1.807) is 0 Å². The summed E-state index contributed by atoms with van der Waals surface area (Å²) in [5.74, 6) is -1.98. The van der Waals surface area contributed by atoms with E-state index < -0.39 is 52.6 Å². The van der Waals surface area contributed by atoms with E-state index in [1.165, 1.54) is 0 Å². The first-order valence-electron chi connectivity index (χ1n) is 11.2. The molecule has 1 aliphatic heterocycles. The maximum atomic E-state index is 13.3. The first-order chi connectivity index (χ1) is 14.1. The first kappa shape index (κ1) is 25.6. The van der Waals surface area contributed by atoms with Crippen molar-refractivity contribution >= 4 is 5.97 Å². The van der Waals surface area contributed by atoms with E-state index in [1.807, 2.05) is 41.5 Å². The predicted octanol–water partition coefficient (Wildman–Crippen LogP) is 6.43. The van der Waals surface area contributed by atoms with Gasteiger partial charge in [-0.15, -0.1) is 0 Å². The summed E-state index contributed by atoms with van der Waals surface area (Å²) >= 11 is 0. The Kier molecular flexibility index (Phi) is 5.62. The van der Waals surface area contributed by atoms with Crippen molar-refractivity contribution in [3.05, 3.63) is 0 Å². The Bertz CT molecular complexity index is 746. The Hall–Kier alpha value is -0.990. The first-order valence-corrected chi connectivity index (χ1v) is 11.2. The van der Waals surface area contributed by atoms with Gasteiger partial charge in [0, 0.05) is 6.42 Å². The molecule has 1 heterocycles. The van der Waals surface area contributed by atoms with Crippen LogP contribution in [0.25, 0.3) is 0 Å². The fourth-order valence-corrected chi connectivity index (χ4v) is 6.64. The smallest absolute Gasteiger partial charge is 0.426 e. The van der Waals surface area contributed by atoms with Gasteiger partial charge in [0.1, 0.15) is 5.60 Å². The Morgan fingerprint density at radius 2 is 1.50 bits per heavy atom. The van der Waals surface area contributed by atoms with Crippen molar-refractivity contribution in [2.45, 2.75) is 104 Å². The number of fused-ring (bicyclic) bond motifs is 3. The molecule has 3 fully saturated rings. The second-order valence-electron chi connectivity index (χ2n) is 12.7. The van der Waals surface area contributed by atoms with Crippen molar-refractivity contribution in [1.82, 2.24) is 0 Å². The molecule has 3 rings (SSSR count). The molecule has 186 valence electrons. The average Bonchev–Trinajstić information content (AvgIpc) is 3.14. The number of aliphatic hydroxyl groups is 1. The van der Waals surface area contributed by atoms with Crippen molar-refractivity contribution in [2.75, 3.05) is 0 Å². The number of hydrogen-bond donors (Lipinski definition) is 1. The van der Waals surface area contributed by atoms with Crippen LogP contribution in [-0.2, 0) is 9.53 Å². The Morgan fingerprint density at radius 3 is 1.88 bits per heavy atom. The number of rotatable bonds is 3. The third-order valence-corrected chi connectivity index (χ3v) is 8.24. The highest BCUT2D eigenvalue weighted by Gasteiger charge is 2.73. The highest BCUT2D eigenvalue weighted by molar-refractivity contribution is 5.81. The van der Waals surface area contributed by atoms with Gasteiger partial charge in [0.15, 0.2) is 0 Å². The maximum Gasteiger partial charge on any atom is 0.426 e. The molecule has 5 unspecified atom stereocenters. The molecular weight excluding hydrogens is 438 g/mol. The van der Waals surface area contributed by atoms with Gasteiger partial charge in [0.25, 0.3) is 5.60 Å². The number of esters is 1. The van der Waals surface area contributed by atoms with E-state index in [4.69, 9.17) is 4.74 Å². The van der Waals surface area contributed by atoms with Crippen molar-refractivity contribution in [3.8, 4) is 0 Å². The molecule has 1 N–H and O–H groups in total. The van der Waals surface area contributed by atoms with Crippen LogP contribution in [0.1, 0.15) is 80.1 Å². The van der Waals surface area contributed by atoms with Gasteiger partial charge in [-0.25, -0.2) is 0 Å². The minimum atomic E-state index is -5.81. The van der Waals surface area contributed by atoms with Crippen molar-refractivity contribution < 1.29 is 41.0 Å². The van der Waals surface area contributed by atoms with Crippen LogP contribution < -0.4 is 0 Å². The number of hydrogen-bond acceptors (Lipinski definition) is 3. The van der Waals surface area contributed by atoms with Gasteiger partial charge in [-0.05, 0) is 60.7 Å². The quantitative estimate of drug-likeness (QED) is 0.380. The van der Waals surface area contributed by atoms with Crippen LogP contribution in [0.15, 0.2) is 0 Å². The van der Waals surface area contributed by atoms with Crippen molar-refractivity contribution in [1.29, 1.82) is 0 Å². The third kappa shape index (κ3) is 3.84. The van der Waals surface area contributed by atoms with Gasteiger partial charge in [-0.2, -0.15) is 26.3 Å². The average molecular weight is 473 g/mol. The summed E-state index contributed by atoms with van der Waals surface area (Å²) in [5, 5.41) is 9.65. The summed E-state index contributed by atoms with van der Waals surface area (Å²) in [6.45, 7) is 12.0. The second kappa shape index (κ2) is 7.01. The van der Waals surface area contributed by atoms with E-state index in [0.717, 1.165) is 0 Å². The summed E-state index contributed by atoms with van der Waals surface area (Å²) in [6.07, 6.45) is -11.3. The summed E-state index contributed by atoms with van der Waals surface area (Å²) in [7, 11) is 0. The predicted molar refractivity (Wildman–Crippen MR) is 105 cm³/mol. The van der Waals surface area contributed by atoms with E-state index in [0.29, 0.717) is 19.3 Å².